The summed E-state index contributed by atoms with van der Waals surface area (Å²) in [5.74, 6) is 0. The molecule has 2 N–H and O–H groups in total. The lowest BCUT2D eigenvalue weighted by atomic mass is 9.96. The zero-order chi connectivity index (χ0) is 14.4. The summed E-state index contributed by atoms with van der Waals surface area (Å²) in [4.78, 5) is 3.53. The van der Waals surface area contributed by atoms with Crippen LogP contribution in [0, 0.1) is 0 Å². The number of halogens is 2. The summed E-state index contributed by atoms with van der Waals surface area (Å²) in [5.41, 5.74) is 6.22. The molecule has 0 saturated heterocycles. The lowest BCUT2D eigenvalue weighted by molar-refractivity contribution is 0.637. The maximum absolute atomic E-state index is 6.18. The Kier molecular flexibility index (Phi) is 3.18. The van der Waals surface area contributed by atoms with Gasteiger partial charge >= 0.3 is 0 Å². The van der Waals surface area contributed by atoms with Crippen LogP contribution < -0.4 is 5.32 Å². The number of hydrogen-bond donors (Lipinski definition) is 2. The molecule has 1 aliphatic rings. The van der Waals surface area contributed by atoms with Gasteiger partial charge in [0.2, 0.25) is 0 Å². The number of nitrogens with one attached hydrogen (secondary N) is 2. The Hall–Kier alpha value is -1.48. The smallest absolute Gasteiger partial charge is 0.0598 e. The molecule has 0 radical (unpaired) electrons. The fourth-order valence-corrected chi connectivity index (χ4v) is 3.43. The van der Waals surface area contributed by atoms with Crippen molar-refractivity contribution in [3.05, 3.63) is 57.7 Å². The lowest BCUT2D eigenvalue weighted by Crippen LogP contribution is -2.23. The third-order valence-corrected chi connectivity index (χ3v) is 4.84. The Balaban J connectivity index is 1.99. The van der Waals surface area contributed by atoms with Crippen molar-refractivity contribution < 1.29 is 0 Å². The molecule has 1 aromatic heterocycles. The van der Waals surface area contributed by atoms with Gasteiger partial charge in [0, 0.05) is 23.1 Å². The van der Waals surface area contributed by atoms with Gasteiger partial charge in [-0.2, -0.15) is 0 Å². The highest BCUT2D eigenvalue weighted by atomic mass is 35.5. The molecule has 3 aromatic rings. The molecule has 4 heteroatoms. The number of rotatable bonds is 1. The van der Waals surface area contributed by atoms with E-state index >= 15 is 0 Å². The minimum Gasteiger partial charge on any atom is -0.357 e. The van der Waals surface area contributed by atoms with Crippen LogP contribution in [0.15, 0.2) is 36.4 Å². The van der Waals surface area contributed by atoms with Crippen LogP contribution in [0.4, 0.5) is 0 Å². The number of benzene rings is 2. The van der Waals surface area contributed by atoms with Crippen molar-refractivity contribution in [3.63, 3.8) is 0 Å². The first kappa shape index (κ1) is 13.2. The maximum Gasteiger partial charge on any atom is 0.0598 e. The van der Waals surface area contributed by atoms with Gasteiger partial charge in [0.25, 0.3) is 0 Å². The first-order valence-electron chi connectivity index (χ1n) is 7.02. The van der Waals surface area contributed by atoms with Crippen LogP contribution in [-0.2, 0) is 13.0 Å². The van der Waals surface area contributed by atoms with Crippen molar-refractivity contribution in [3.8, 4) is 11.1 Å². The van der Waals surface area contributed by atoms with E-state index in [4.69, 9.17) is 23.2 Å². The first-order valence-corrected chi connectivity index (χ1v) is 7.78. The summed E-state index contributed by atoms with van der Waals surface area (Å²) < 4.78 is 0. The molecule has 0 aliphatic carbocycles. The van der Waals surface area contributed by atoms with E-state index in [1.807, 2.05) is 18.2 Å². The highest BCUT2D eigenvalue weighted by Gasteiger charge is 2.18. The second kappa shape index (κ2) is 5.06. The summed E-state index contributed by atoms with van der Waals surface area (Å²) in [6, 6.07) is 12.2. The van der Waals surface area contributed by atoms with Crippen molar-refractivity contribution in [2.75, 3.05) is 6.54 Å². The second-order valence-corrected chi connectivity index (χ2v) is 6.18. The topological polar surface area (TPSA) is 27.8 Å². The number of H-pyrrole nitrogens is 1. The van der Waals surface area contributed by atoms with E-state index in [1.54, 1.807) is 0 Å². The Morgan fingerprint density at radius 2 is 1.90 bits per heavy atom. The molecule has 2 aromatic carbocycles. The number of hydrogen-bond acceptors (Lipinski definition) is 1. The van der Waals surface area contributed by atoms with E-state index in [0.29, 0.717) is 10.0 Å². The fourth-order valence-electron chi connectivity index (χ4n) is 3.13. The molecule has 0 saturated carbocycles. The van der Waals surface area contributed by atoms with Gasteiger partial charge in [-0.25, -0.2) is 0 Å². The highest BCUT2D eigenvalue weighted by molar-refractivity contribution is 6.42. The standard InChI is InChI=1S/C17H14Cl2N2/c18-13-5-4-10(8-14(13)19)11-2-1-3-15-17(11)12-6-7-20-9-16(12)21-15/h1-5,8,20-21H,6-7,9H2. The number of aromatic nitrogens is 1. The van der Waals surface area contributed by atoms with E-state index in [0.717, 1.165) is 25.1 Å². The molecule has 0 unspecified atom stereocenters. The van der Waals surface area contributed by atoms with Crippen LogP contribution >= 0.6 is 23.2 Å². The van der Waals surface area contributed by atoms with E-state index in [2.05, 4.69) is 28.5 Å². The van der Waals surface area contributed by atoms with Crippen molar-refractivity contribution in [2.45, 2.75) is 13.0 Å². The molecule has 4 rings (SSSR count). The van der Waals surface area contributed by atoms with Gasteiger partial charge in [-0.05, 0) is 47.9 Å². The Labute approximate surface area is 133 Å². The van der Waals surface area contributed by atoms with Gasteiger partial charge in [0.1, 0.15) is 0 Å². The normalized spacial score (nSPS) is 14.4. The molecule has 0 bridgehead atoms. The van der Waals surface area contributed by atoms with Crippen molar-refractivity contribution in [1.82, 2.24) is 10.3 Å². The summed E-state index contributed by atoms with van der Waals surface area (Å²) in [7, 11) is 0. The summed E-state index contributed by atoms with van der Waals surface area (Å²) in [6.07, 6.45) is 1.05. The lowest BCUT2D eigenvalue weighted by Gasteiger charge is -2.14. The molecule has 21 heavy (non-hydrogen) atoms. The minimum absolute atomic E-state index is 0.591. The molecule has 2 heterocycles. The van der Waals surface area contributed by atoms with Crippen molar-refractivity contribution >= 4 is 34.1 Å². The summed E-state index contributed by atoms with van der Waals surface area (Å²) in [6.45, 7) is 1.93. The first-order chi connectivity index (χ1) is 10.2. The molecular formula is C17H14Cl2N2. The van der Waals surface area contributed by atoms with Gasteiger partial charge in [-0.1, -0.05) is 41.4 Å². The summed E-state index contributed by atoms with van der Waals surface area (Å²) >= 11 is 12.2. The molecule has 0 atom stereocenters. The fraction of sp³-hybridized carbons (Fsp3) is 0.176. The van der Waals surface area contributed by atoms with Gasteiger partial charge in [-0.3, -0.25) is 0 Å². The second-order valence-electron chi connectivity index (χ2n) is 5.37. The summed E-state index contributed by atoms with van der Waals surface area (Å²) in [5, 5.41) is 5.91. The molecule has 0 fully saturated rings. The van der Waals surface area contributed by atoms with Crippen LogP contribution in [0.25, 0.3) is 22.0 Å². The van der Waals surface area contributed by atoms with Crippen LogP contribution in [0.5, 0.6) is 0 Å². The van der Waals surface area contributed by atoms with Crippen LogP contribution in [0.1, 0.15) is 11.3 Å². The number of aromatic amines is 1. The van der Waals surface area contributed by atoms with E-state index in [1.165, 1.54) is 27.7 Å². The Morgan fingerprint density at radius 3 is 2.76 bits per heavy atom. The van der Waals surface area contributed by atoms with Crippen LogP contribution in [-0.4, -0.2) is 11.5 Å². The zero-order valence-corrected chi connectivity index (χ0v) is 12.9. The average Bonchev–Trinajstić information content (AvgIpc) is 2.88. The molecule has 0 amide bonds. The van der Waals surface area contributed by atoms with E-state index < -0.39 is 0 Å². The minimum atomic E-state index is 0.591. The molecule has 2 nitrogen and oxygen atoms in total. The molecule has 106 valence electrons. The zero-order valence-electron chi connectivity index (χ0n) is 11.3. The quantitative estimate of drug-likeness (QED) is 0.664. The Morgan fingerprint density at radius 1 is 1.00 bits per heavy atom. The monoisotopic (exact) mass is 316 g/mol. The maximum atomic E-state index is 6.18. The van der Waals surface area contributed by atoms with Gasteiger partial charge in [0.15, 0.2) is 0 Å². The molecule has 0 spiro atoms. The number of fused-ring (bicyclic) bond motifs is 3. The Bertz CT molecular complexity index is 836. The largest absolute Gasteiger partial charge is 0.357 e. The molecular weight excluding hydrogens is 303 g/mol. The SMILES string of the molecule is Clc1ccc(-c2cccc3[nH]c4c(c23)CCNC4)cc1Cl. The predicted octanol–water partition coefficient (Wildman–Crippen LogP) is 4.79. The van der Waals surface area contributed by atoms with Crippen LogP contribution in [0.3, 0.4) is 0 Å². The highest BCUT2D eigenvalue weighted by Crippen LogP contribution is 2.36. The third-order valence-electron chi connectivity index (χ3n) is 4.10. The van der Waals surface area contributed by atoms with Gasteiger partial charge < -0.3 is 10.3 Å². The van der Waals surface area contributed by atoms with Gasteiger partial charge in [-0.15, -0.1) is 0 Å². The van der Waals surface area contributed by atoms with Crippen molar-refractivity contribution in [1.29, 1.82) is 0 Å². The van der Waals surface area contributed by atoms with Crippen LogP contribution in [0.2, 0.25) is 10.0 Å². The van der Waals surface area contributed by atoms with E-state index in [-0.39, 0.29) is 0 Å². The van der Waals surface area contributed by atoms with E-state index in [9.17, 15) is 0 Å². The predicted molar refractivity (Wildman–Crippen MR) is 89.2 cm³/mol. The van der Waals surface area contributed by atoms with Gasteiger partial charge in [0.05, 0.1) is 10.0 Å². The molecule has 1 aliphatic heterocycles. The van der Waals surface area contributed by atoms with Crippen molar-refractivity contribution in [2.24, 2.45) is 0 Å². The average molecular weight is 317 g/mol. The third kappa shape index (κ3) is 2.15.